The number of benzene rings is 1. The van der Waals surface area contributed by atoms with E-state index in [0.717, 1.165) is 29.5 Å². The molecule has 22 heavy (non-hydrogen) atoms. The number of aryl methyl sites for hydroxylation is 3. The second-order valence-corrected chi connectivity index (χ2v) is 7.54. The maximum atomic E-state index is 13.0. The van der Waals surface area contributed by atoms with Gasteiger partial charge in [0.15, 0.2) is 5.78 Å². The van der Waals surface area contributed by atoms with Gasteiger partial charge in [-0.3, -0.25) is 4.79 Å². The quantitative estimate of drug-likeness (QED) is 0.811. The van der Waals surface area contributed by atoms with E-state index in [9.17, 15) is 9.90 Å². The number of aliphatic hydroxyl groups excluding tert-OH is 1. The Morgan fingerprint density at radius 3 is 2.00 bits per heavy atom. The highest BCUT2D eigenvalue weighted by molar-refractivity contribution is 6.25. The molecule has 0 saturated heterocycles. The molecule has 2 aliphatic rings. The average Bonchev–Trinajstić information content (AvgIpc) is 2.64. The van der Waals surface area contributed by atoms with E-state index in [1.54, 1.807) is 0 Å². The van der Waals surface area contributed by atoms with Crippen molar-refractivity contribution in [1.29, 1.82) is 0 Å². The molecule has 2 aliphatic carbocycles. The number of ketones is 1. The summed E-state index contributed by atoms with van der Waals surface area (Å²) in [5.41, 5.74) is 4.94. The van der Waals surface area contributed by atoms with E-state index in [2.05, 4.69) is 32.9 Å². The van der Waals surface area contributed by atoms with E-state index >= 15 is 0 Å². The number of hydrogen-bond acceptors (Lipinski definition) is 2. The second-order valence-electron chi connectivity index (χ2n) is 7.54. The van der Waals surface area contributed by atoms with Gasteiger partial charge in [0, 0.05) is 11.8 Å². The lowest BCUT2D eigenvalue weighted by atomic mass is 9.70. The Kier molecular flexibility index (Phi) is 3.66. The van der Waals surface area contributed by atoms with Gasteiger partial charge in [-0.2, -0.15) is 0 Å². The molecule has 1 saturated carbocycles. The third-order valence-corrected chi connectivity index (χ3v) is 5.83. The van der Waals surface area contributed by atoms with Gasteiger partial charge in [-0.15, -0.1) is 0 Å². The molecule has 1 fully saturated rings. The highest BCUT2D eigenvalue weighted by Gasteiger charge is 2.47. The molecule has 1 aromatic rings. The van der Waals surface area contributed by atoms with Crippen molar-refractivity contribution >= 4 is 11.4 Å². The largest absolute Gasteiger partial charge is 0.511 e. The van der Waals surface area contributed by atoms with Crippen molar-refractivity contribution in [2.24, 2.45) is 23.7 Å². The molecule has 4 unspecified atom stereocenters. The lowest BCUT2D eigenvalue weighted by molar-refractivity contribution is -0.119. The van der Waals surface area contributed by atoms with E-state index in [4.69, 9.17) is 0 Å². The van der Waals surface area contributed by atoms with Crippen LogP contribution in [0.2, 0.25) is 0 Å². The van der Waals surface area contributed by atoms with Crippen LogP contribution in [0.1, 0.15) is 48.9 Å². The van der Waals surface area contributed by atoms with Crippen molar-refractivity contribution in [2.75, 3.05) is 0 Å². The highest BCUT2D eigenvalue weighted by atomic mass is 16.3. The number of rotatable bonds is 1. The lowest BCUT2D eigenvalue weighted by Gasteiger charge is -2.34. The van der Waals surface area contributed by atoms with E-state index < -0.39 is 0 Å². The maximum Gasteiger partial charge on any atom is 0.170 e. The number of allylic oxidation sites excluding steroid dienone is 2. The van der Waals surface area contributed by atoms with Gasteiger partial charge in [-0.1, -0.05) is 31.5 Å². The number of carbonyl (C=O) groups is 1. The minimum Gasteiger partial charge on any atom is -0.511 e. The van der Waals surface area contributed by atoms with Crippen LogP contribution in [0.5, 0.6) is 0 Å². The number of carbonyl (C=O) groups excluding carboxylic acids is 1. The molecule has 0 aliphatic heterocycles. The predicted octanol–water partition coefficient (Wildman–Crippen LogP) is 4.76. The second kappa shape index (κ2) is 5.26. The van der Waals surface area contributed by atoms with Crippen molar-refractivity contribution in [1.82, 2.24) is 0 Å². The SMILES string of the molecule is Cc1cc(C)c(C2=C(O)C3CC(C)C(C)CC3C2=O)c(C)c1. The third kappa shape index (κ3) is 2.20. The summed E-state index contributed by atoms with van der Waals surface area (Å²) in [7, 11) is 0. The first-order chi connectivity index (χ1) is 10.3. The van der Waals surface area contributed by atoms with E-state index in [-0.39, 0.29) is 17.6 Å². The Balaban J connectivity index is 2.10. The molecule has 0 amide bonds. The summed E-state index contributed by atoms with van der Waals surface area (Å²) in [5, 5.41) is 10.8. The van der Waals surface area contributed by atoms with Crippen LogP contribution in [-0.2, 0) is 4.79 Å². The Morgan fingerprint density at radius 2 is 1.45 bits per heavy atom. The summed E-state index contributed by atoms with van der Waals surface area (Å²) < 4.78 is 0. The van der Waals surface area contributed by atoms with Gasteiger partial charge in [0.1, 0.15) is 5.76 Å². The topological polar surface area (TPSA) is 37.3 Å². The van der Waals surface area contributed by atoms with Crippen LogP contribution in [0.15, 0.2) is 17.9 Å². The standard InChI is InChI=1S/C20H26O2/c1-10-6-13(4)17(14(5)7-10)18-19(21)15-8-11(2)12(3)9-16(15)20(18)22/h6-7,11-12,15-16,21H,8-9H2,1-5H3. The Labute approximate surface area is 133 Å². The maximum absolute atomic E-state index is 13.0. The molecule has 3 rings (SSSR count). The van der Waals surface area contributed by atoms with E-state index in [1.807, 2.05) is 13.8 Å². The molecule has 4 atom stereocenters. The van der Waals surface area contributed by atoms with Gasteiger partial charge in [-0.25, -0.2) is 0 Å². The summed E-state index contributed by atoms with van der Waals surface area (Å²) in [6.07, 6.45) is 1.83. The molecular weight excluding hydrogens is 272 g/mol. The monoisotopic (exact) mass is 298 g/mol. The minimum absolute atomic E-state index is 0.0127. The minimum atomic E-state index is -0.0127. The first-order valence-electron chi connectivity index (χ1n) is 8.36. The first kappa shape index (κ1) is 15.3. The summed E-state index contributed by atoms with van der Waals surface area (Å²) in [6.45, 7) is 10.6. The molecule has 0 aromatic heterocycles. The van der Waals surface area contributed by atoms with Gasteiger partial charge < -0.3 is 5.11 Å². The summed E-state index contributed by atoms with van der Waals surface area (Å²) >= 11 is 0. The molecular formula is C20H26O2. The highest BCUT2D eigenvalue weighted by Crippen LogP contribution is 2.49. The molecule has 118 valence electrons. The van der Waals surface area contributed by atoms with Crippen molar-refractivity contribution in [3.8, 4) is 0 Å². The zero-order valence-corrected chi connectivity index (χ0v) is 14.2. The predicted molar refractivity (Wildman–Crippen MR) is 89.8 cm³/mol. The van der Waals surface area contributed by atoms with Crippen molar-refractivity contribution in [2.45, 2.75) is 47.5 Å². The fourth-order valence-electron chi connectivity index (χ4n) is 4.51. The van der Waals surface area contributed by atoms with Crippen LogP contribution in [0.25, 0.3) is 5.57 Å². The zero-order chi connectivity index (χ0) is 16.2. The zero-order valence-electron chi connectivity index (χ0n) is 14.2. The molecule has 0 radical (unpaired) electrons. The van der Waals surface area contributed by atoms with Gasteiger partial charge >= 0.3 is 0 Å². The van der Waals surface area contributed by atoms with Crippen molar-refractivity contribution < 1.29 is 9.90 Å². The van der Waals surface area contributed by atoms with Gasteiger partial charge in [0.25, 0.3) is 0 Å². The van der Waals surface area contributed by atoms with Crippen molar-refractivity contribution in [3.05, 3.63) is 40.1 Å². The average molecular weight is 298 g/mol. The molecule has 0 bridgehead atoms. The van der Waals surface area contributed by atoms with Crippen LogP contribution in [0.4, 0.5) is 0 Å². The molecule has 2 heteroatoms. The smallest absolute Gasteiger partial charge is 0.170 e. The first-order valence-corrected chi connectivity index (χ1v) is 8.36. The summed E-state index contributed by atoms with van der Waals surface area (Å²) in [6, 6.07) is 4.20. The van der Waals surface area contributed by atoms with Gasteiger partial charge in [0.05, 0.1) is 5.57 Å². The molecule has 0 spiro atoms. The number of Topliss-reactive ketones (excluding diaryl/α,β-unsaturated/α-hetero) is 1. The number of fused-ring (bicyclic) bond motifs is 1. The van der Waals surface area contributed by atoms with Crippen molar-refractivity contribution in [3.63, 3.8) is 0 Å². The molecule has 0 heterocycles. The lowest BCUT2D eigenvalue weighted by Crippen LogP contribution is -2.30. The Bertz CT molecular complexity index is 645. The Morgan fingerprint density at radius 1 is 0.955 bits per heavy atom. The molecule has 2 nitrogen and oxygen atoms in total. The van der Waals surface area contributed by atoms with Gasteiger partial charge in [-0.05, 0) is 62.1 Å². The van der Waals surface area contributed by atoms with E-state index in [0.29, 0.717) is 23.2 Å². The van der Waals surface area contributed by atoms with Crippen LogP contribution < -0.4 is 0 Å². The fraction of sp³-hybridized carbons (Fsp3) is 0.550. The fourth-order valence-corrected chi connectivity index (χ4v) is 4.51. The normalized spacial score (nSPS) is 31.6. The molecule has 1 N–H and O–H groups in total. The van der Waals surface area contributed by atoms with Crippen LogP contribution in [0, 0.1) is 44.4 Å². The summed E-state index contributed by atoms with van der Waals surface area (Å²) in [4.78, 5) is 13.0. The van der Waals surface area contributed by atoms with E-state index in [1.165, 1.54) is 5.56 Å². The number of hydrogen-bond donors (Lipinski definition) is 1. The number of aliphatic hydroxyl groups is 1. The summed E-state index contributed by atoms with van der Waals surface area (Å²) in [5.74, 6) is 1.66. The van der Waals surface area contributed by atoms with Crippen LogP contribution in [0.3, 0.4) is 0 Å². The van der Waals surface area contributed by atoms with Crippen LogP contribution >= 0.6 is 0 Å². The third-order valence-electron chi connectivity index (χ3n) is 5.83. The van der Waals surface area contributed by atoms with Crippen LogP contribution in [-0.4, -0.2) is 10.9 Å². The molecule has 1 aromatic carbocycles. The van der Waals surface area contributed by atoms with Gasteiger partial charge in [0.2, 0.25) is 0 Å². The Hall–Kier alpha value is -1.57.